The molecule has 2 aromatic heterocycles. The lowest BCUT2D eigenvalue weighted by atomic mass is 9.91. The van der Waals surface area contributed by atoms with Gasteiger partial charge in [-0.3, -0.25) is 19.0 Å². The Hall–Kier alpha value is -3.72. The molecule has 50 heavy (non-hydrogen) atoms. The summed E-state index contributed by atoms with van der Waals surface area (Å²) in [6.07, 6.45) is 3.95. The Bertz CT molecular complexity index is 1670. The monoisotopic (exact) mass is 699 g/mol. The van der Waals surface area contributed by atoms with Crippen LogP contribution in [0.5, 0.6) is 0 Å². The molecule has 0 aliphatic carbocycles. The normalized spacial score (nSPS) is 17.2. The molecule has 2 aliphatic heterocycles. The van der Waals surface area contributed by atoms with E-state index in [1.54, 1.807) is 31.6 Å². The van der Waals surface area contributed by atoms with E-state index in [0.29, 0.717) is 49.9 Å². The fourth-order valence-electron chi connectivity index (χ4n) is 6.59. The zero-order valence-electron chi connectivity index (χ0n) is 29.6. The first kappa shape index (κ1) is 37.5. The Morgan fingerprint density at radius 1 is 1.08 bits per heavy atom. The van der Waals surface area contributed by atoms with Crippen molar-refractivity contribution >= 4 is 22.8 Å². The van der Waals surface area contributed by atoms with Crippen molar-refractivity contribution in [3.63, 3.8) is 0 Å². The first-order valence-electron chi connectivity index (χ1n) is 17.5. The van der Waals surface area contributed by atoms with Gasteiger partial charge in [-0.15, -0.1) is 0 Å². The van der Waals surface area contributed by atoms with E-state index >= 15 is 0 Å². The largest absolute Gasteiger partial charge is 0.464 e. The van der Waals surface area contributed by atoms with Gasteiger partial charge in [0.15, 0.2) is 5.58 Å². The predicted molar refractivity (Wildman–Crippen MR) is 183 cm³/mol. The van der Waals surface area contributed by atoms with Gasteiger partial charge in [-0.05, 0) is 78.1 Å². The molecule has 1 atom stereocenters. The SMILES string of the molecule is COCCOCCOCC(=O)NCC(C)(C)C(=O)OCC1CCCn2c1nc(C)c(CCN1CCC(c3noc4cc(F)ccc34)CC1)c2=O. The molecule has 4 heterocycles. The van der Waals surface area contributed by atoms with Gasteiger partial charge in [0.1, 0.15) is 24.9 Å². The van der Waals surface area contributed by atoms with Gasteiger partial charge in [-0.2, -0.15) is 0 Å². The fraction of sp³-hybridized carbons (Fsp3) is 0.639. The van der Waals surface area contributed by atoms with Crippen LogP contribution in [-0.4, -0.2) is 104 Å². The molecule has 1 N–H and O–H groups in total. The number of hydrogen-bond donors (Lipinski definition) is 1. The number of halogens is 1. The number of methoxy groups -OCH3 is 1. The maximum atomic E-state index is 13.7. The third kappa shape index (κ3) is 9.53. The number of esters is 1. The molecule has 1 aromatic carbocycles. The van der Waals surface area contributed by atoms with Crippen LogP contribution in [0.15, 0.2) is 27.5 Å². The summed E-state index contributed by atoms with van der Waals surface area (Å²) in [5.74, 6) is -0.399. The number of fused-ring (bicyclic) bond motifs is 2. The molecule has 0 saturated carbocycles. The van der Waals surface area contributed by atoms with Crippen molar-refractivity contribution in [3.05, 3.63) is 57.1 Å². The maximum Gasteiger partial charge on any atom is 0.313 e. The highest BCUT2D eigenvalue weighted by atomic mass is 19.1. The minimum atomic E-state index is -0.961. The number of carbonyl (C=O) groups excluding carboxylic acids is 2. The number of amides is 1. The van der Waals surface area contributed by atoms with E-state index in [9.17, 15) is 18.8 Å². The summed E-state index contributed by atoms with van der Waals surface area (Å²) in [6, 6.07) is 4.55. The Labute approximate surface area is 291 Å². The second-order valence-corrected chi connectivity index (χ2v) is 13.8. The molecule has 1 fully saturated rings. The highest BCUT2D eigenvalue weighted by molar-refractivity contribution is 5.80. The van der Waals surface area contributed by atoms with Crippen molar-refractivity contribution in [2.45, 2.75) is 71.3 Å². The lowest BCUT2D eigenvalue weighted by molar-refractivity contribution is -0.154. The van der Waals surface area contributed by atoms with Crippen LogP contribution in [-0.2, 0) is 41.5 Å². The molecule has 0 bridgehead atoms. The highest BCUT2D eigenvalue weighted by Gasteiger charge is 2.33. The average molecular weight is 700 g/mol. The van der Waals surface area contributed by atoms with Crippen LogP contribution < -0.4 is 10.9 Å². The van der Waals surface area contributed by atoms with E-state index in [1.165, 1.54) is 12.1 Å². The quantitative estimate of drug-likeness (QED) is 0.163. The number of aryl methyl sites for hydroxylation is 1. The molecular formula is C36H50FN5O8. The third-order valence-electron chi connectivity index (χ3n) is 9.65. The standard InChI is InChI=1S/C36H50FN5O8/c1-24-28(11-15-41-13-9-25(10-14-41)32-29-8-7-27(37)20-30(29)50-40-32)34(44)42-12-5-6-26(33(42)39-24)21-49-35(45)36(2,3)23-38-31(43)22-48-19-18-47-17-16-46-4/h7-8,20,25-26H,5-6,9-19,21-23H2,1-4H3,(H,38,43). The Morgan fingerprint density at radius 3 is 2.62 bits per heavy atom. The number of aromatic nitrogens is 3. The molecule has 2 aliphatic rings. The summed E-state index contributed by atoms with van der Waals surface area (Å²) in [4.78, 5) is 46.2. The summed E-state index contributed by atoms with van der Waals surface area (Å²) in [7, 11) is 1.59. The second-order valence-electron chi connectivity index (χ2n) is 13.8. The summed E-state index contributed by atoms with van der Waals surface area (Å²) < 4.78 is 42.0. The molecule has 0 spiro atoms. The van der Waals surface area contributed by atoms with Gasteiger partial charge >= 0.3 is 5.97 Å². The third-order valence-corrected chi connectivity index (χ3v) is 9.65. The zero-order chi connectivity index (χ0) is 35.7. The molecule has 3 aromatic rings. The van der Waals surface area contributed by atoms with Gasteiger partial charge in [-0.1, -0.05) is 5.16 Å². The van der Waals surface area contributed by atoms with Gasteiger partial charge in [0.05, 0.1) is 43.5 Å². The summed E-state index contributed by atoms with van der Waals surface area (Å²) in [5, 5.41) is 7.86. The number of likely N-dealkylation sites (tertiary alicyclic amines) is 1. The fourth-order valence-corrected chi connectivity index (χ4v) is 6.59. The lowest BCUT2D eigenvalue weighted by Gasteiger charge is -2.31. The zero-order valence-corrected chi connectivity index (χ0v) is 29.6. The van der Waals surface area contributed by atoms with Crippen LogP contribution in [0.3, 0.4) is 0 Å². The van der Waals surface area contributed by atoms with E-state index in [0.717, 1.165) is 62.0 Å². The maximum absolute atomic E-state index is 13.7. The van der Waals surface area contributed by atoms with Crippen LogP contribution in [0.1, 0.15) is 74.1 Å². The molecule has 1 amide bonds. The number of hydrogen-bond acceptors (Lipinski definition) is 11. The summed E-state index contributed by atoms with van der Waals surface area (Å²) in [5.41, 5.74) is 1.81. The number of nitrogens with one attached hydrogen (secondary N) is 1. The van der Waals surface area contributed by atoms with Crippen LogP contribution >= 0.6 is 0 Å². The van der Waals surface area contributed by atoms with Crippen LogP contribution in [0.25, 0.3) is 11.0 Å². The number of carbonyl (C=O) groups is 2. The second kappa shape index (κ2) is 17.5. The molecule has 13 nitrogen and oxygen atoms in total. The first-order chi connectivity index (χ1) is 24.1. The van der Waals surface area contributed by atoms with Crippen molar-refractivity contribution in [3.8, 4) is 0 Å². The minimum absolute atomic E-state index is 0.0217. The van der Waals surface area contributed by atoms with Gasteiger partial charge in [0.2, 0.25) is 5.91 Å². The van der Waals surface area contributed by atoms with E-state index in [2.05, 4.69) is 15.4 Å². The molecule has 14 heteroatoms. The van der Waals surface area contributed by atoms with Crippen molar-refractivity contribution in [2.24, 2.45) is 5.41 Å². The van der Waals surface area contributed by atoms with Crippen molar-refractivity contribution < 1.29 is 37.5 Å². The smallest absolute Gasteiger partial charge is 0.313 e. The molecule has 1 saturated heterocycles. The number of nitrogens with zero attached hydrogens (tertiary/aromatic N) is 4. The van der Waals surface area contributed by atoms with Crippen molar-refractivity contribution in [1.82, 2.24) is 24.9 Å². The van der Waals surface area contributed by atoms with E-state index in [-0.39, 0.29) is 55.5 Å². The Morgan fingerprint density at radius 2 is 1.84 bits per heavy atom. The van der Waals surface area contributed by atoms with Gasteiger partial charge in [-0.25, -0.2) is 9.37 Å². The first-order valence-corrected chi connectivity index (χ1v) is 17.5. The van der Waals surface area contributed by atoms with Gasteiger partial charge < -0.3 is 33.7 Å². The number of ether oxygens (including phenoxy) is 4. The van der Waals surface area contributed by atoms with E-state index in [4.69, 9.17) is 28.5 Å². The minimum Gasteiger partial charge on any atom is -0.464 e. The Kier molecular flexibility index (Phi) is 13.1. The number of rotatable bonds is 17. The summed E-state index contributed by atoms with van der Waals surface area (Å²) in [6.45, 7) is 10.0. The molecular weight excluding hydrogens is 649 g/mol. The van der Waals surface area contributed by atoms with Crippen LogP contribution in [0.2, 0.25) is 0 Å². The average Bonchev–Trinajstić information content (AvgIpc) is 3.52. The van der Waals surface area contributed by atoms with E-state index in [1.807, 2.05) is 6.92 Å². The number of piperidine rings is 1. The van der Waals surface area contributed by atoms with Crippen LogP contribution in [0, 0.1) is 18.2 Å². The van der Waals surface area contributed by atoms with Gasteiger partial charge in [0, 0.05) is 55.4 Å². The lowest BCUT2D eigenvalue weighted by Crippen LogP contribution is -2.42. The van der Waals surface area contributed by atoms with E-state index < -0.39 is 11.4 Å². The number of benzene rings is 1. The van der Waals surface area contributed by atoms with Crippen molar-refractivity contribution in [2.75, 3.05) is 72.9 Å². The molecule has 5 rings (SSSR count). The predicted octanol–water partition coefficient (Wildman–Crippen LogP) is 3.50. The van der Waals surface area contributed by atoms with Gasteiger partial charge in [0.25, 0.3) is 5.56 Å². The van der Waals surface area contributed by atoms with Crippen LogP contribution in [0.4, 0.5) is 4.39 Å². The van der Waals surface area contributed by atoms with Crippen molar-refractivity contribution in [1.29, 1.82) is 0 Å². The summed E-state index contributed by atoms with van der Waals surface area (Å²) >= 11 is 0. The highest BCUT2D eigenvalue weighted by Crippen LogP contribution is 2.33. The molecule has 1 unspecified atom stereocenters. The topological polar surface area (TPSA) is 147 Å². The Balaban J connectivity index is 1.08. The molecule has 274 valence electrons. The molecule has 0 radical (unpaired) electrons.